The van der Waals surface area contributed by atoms with E-state index in [1.54, 1.807) is 6.20 Å². The van der Waals surface area contributed by atoms with E-state index < -0.39 is 10.1 Å². The third-order valence-electron chi connectivity index (χ3n) is 1.98. The molecule has 0 atom stereocenters. The van der Waals surface area contributed by atoms with Crippen LogP contribution in [0.3, 0.4) is 0 Å². The van der Waals surface area contributed by atoms with Crippen molar-refractivity contribution in [3.63, 3.8) is 0 Å². The molecule has 0 aliphatic carbocycles. The average Bonchev–Trinajstić information content (AvgIpc) is 2.97. The molecule has 2 rings (SSSR count). The van der Waals surface area contributed by atoms with Gasteiger partial charge in [0.25, 0.3) is 10.1 Å². The molecule has 92 valence electrons. The first kappa shape index (κ1) is 12.1. The van der Waals surface area contributed by atoms with Crippen LogP contribution < -0.4 is 4.68 Å². The van der Waals surface area contributed by atoms with Gasteiger partial charge in [-0.25, -0.2) is 4.98 Å². The van der Waals surface area contributed by atoms with Crippen LogP contribution in [-0.2, 0) is 20.8 Å². The van der Waals surface area contributed by atoms with E-state index >= 15 is 0 Å². The smallest absolute Gasteiger partial charge is 0.273 e. The summed E-state index contributed by atoms with van der Waals surface area (Å²) in [5.74, 6) is 0.346. The predicted molar refractivity (Wildman–Crippen MR) is 58.6 cm³/mol. The Morgan fingerprint density at radius 3 is 3.06 bits per heavy atom. The lowest BCUT2D eigenvalue weighted by Crippen LogP contribution is -2.38. The molecule has 2 aromatic heterocycles. The maximum absolute atomic E-state index is 11.1. The summed E-state index contributed by atoms with van der Waals surface area (Å²) in [5, 5.41) is 0. The average molecular weight is 276 g/mol. The van der Waals surface area contributed by atoms with E-state index in [1.165, 1.54) is 28.7 Å². The summed E-state index contributed by atoms with van der Waals surface area (Å²) in [5.41, 5.74) is 0. The normalized spacial score (nSPS) is 11.8. The molecule has 2 heterocycles. The largest absolute Gasteiger partial charge is 0.444 e. The summed E-state index contributed by atoms with van der Waals surface area (Å²) in [4.78, 5) is 4.71. The molecule has 0 spiro atoms. The molecule has 0 fully saturated rings. The van der Waals surface area contributed by atoms with Gasteiger partial charge in [0, 0.05) is 11.5 Å². The van der Waals surface area contributed by atoms with Crippen molar-refractivity contribution in [2.24, 2.45) is 0 Å². The van der Waals surface area contributed by atoms with Crippen LogP contribution in [0.1, 0.15) is 0 Å². The molecule has 17 heavy (non-hydrogen) atoms. The molecule has 0 aromatic carbocycles. The second kappa shape index (κ2) is 4.90. The highest BCUT2D eigenvalue weighted by Crippen LogP contribution is 2.17. The molecule has 2 aromatic rings. The number of rotatable bonds is 5. The van der Waals surface area contributed by atoms with E-state index in [4.69, 9.17) is 4.42 Å². The summed E-state index contributed by atoms with van der Waals surface area (Å²) in [6, 6.07) is 0. The van der Waals surface area contributed by atoms with E-state index in [2.05, 4.69) is 13.7 Å². The van der Waals surface area contributed by atoms with Gasteiger partial charge in [0.15, 0.2) is 11.4 Å². The Labute approximate surface area is 102 Å². The quantitative estimate of drug-likeness (QED) is 0.567. The van der Waals surface area contributed by atoms with Crippen molar-refractivity contribution >= 4 is 21.7 Å². The van der Waals surface area contributed by atoms with Crippen LogP contribution in [-0.4, -0.2) is 30.8 Å². The second-order valence-corrected chi connectivity index (χ2v) is 5.74. The maximum atomic E-state index is 11.1. The molecule has 0 saturated carbocycles. The van der Waals surface area contributed by atoms with E-state index in [9.17, 15) is 8.42 Å². The summed E-state index contributed by atoms with van der Waals surface area (Å²) < 4.78 is 37.2. The molecule has 0 radical (unpaired) electrons. The molecule has 0 N–H and O–H groups in total. The van der Waals surface area contributed by atoms with Gasteiger partial charge in [-0.1, -0.05) is 4.68 Å². The van der Waals surface area contributed by atoms with E-state index in [0.29, 0.717) is 5.89 Å². The Balaban J connectivity index is 2.05. The monoisotopic (exact) mass is 276 g/mol. The van der Waals surface area contributed by atoms with Crippen molar-refractivity contribution in [3.8, 4) is 10.8 Å². The van der Waals surface area contributed by atoms with Crippen molar-refractivity contribution in [2.75, 3.05) is 12.9 Å². The molecule has 0 amide bonds. The first-order valence-corrected chi connectivity index (χ1v) is 7.00. The van der Waals surface area contributed by atoms with Gasteiger partial charge in [0.2, 0.25) is 12.1 Å². The number of hydrogen-bond acceptors (Lipinski definition) is 7. The minimum absolute atomic E-state index is 0.122. The van der Waals surface area contributed by atoms with Crippen LogP contribution in [0.5, 0.6) is 0 Å². The summed E-state index contributed by atoms with van der Waals surface area (Å²) in [6.45, 7) is 0.230. The van der Waals surface area contributed by atoms with E-state index in [0.717, 1.165) is 12.0 Å². The van der Waals surface area contributed by atoms with E-state index in [1.807, 2.05) is 0 Å². The fraction of sp³-hybridized carbons (Fsp3) is 0.375. The van der Waals surface area contributed by atoms with Gasteiger partial charge in [0.05, 0.1) is 17.8 Å². The van der Waals surface area contributed by atoms with E-state index in [-0.39, 0.29) is 12.3 Å². The Morgan fingerprint density at radius 1 is 1.59 bits per heavy atom. The highest BCUT2D eigenvalue weighted by atomic mass is 32.2. The minimum Gasteiger partial charge on any atom is -0.444 e. The lowest BCUT2D eigenvalue weighted by atomic mass is 10.5. The molecule has 0 aliphatic rings. The SMILES string of the molecule is COS(=O)(=O)CC[n+]1cc(-c2ncco2)sn1. The van der Waals surface area contributed by atoms with Crippen LogP contribution in [0.2, 0.25) is 0 Å². The van der Waals surface area contributed by atoms with Crippen molar-refractivity contribution in [3.05, 3.63) is 18.7 Å². The topological polar surface area (TPSA) is 86.2 Å². The van der Waals surface area contributed by atoms with Gasteiger partial charge >= 0.3 is 0 Å². The Hall–Kier alpha value is -1.32. The Kier molecular flexibility index (Phi) is 3.50. The first-order valence-electron chi connectivity index (χ1n) is 4.65. The molecule has 7 nitrogen and oxygen atoms in total. The number of hydrogen-bond donors (Lipinski definition) is 0. The van der Waals surface area contributed by atoms with Crippen LogP contribution in [0.4, 0.5) is 0 Å². The minimum atomic E-state index is -3.46. The maximum Gasteiger partial charge on any atom is 0.273 e. The lowest BCUT2D eigenvalue weighted by Gasteiger charge is -1.94. The van der Waals surface area contributed by atoms with Crippen LogP contribution >= 0.6 is 11.5 Å². The molecule has 9 heteroatoms. The second-order valence-electron chi connectivity index (χ2n) is 3.10. The van der Waals surface area contributed by atoms with Gasteiger partial charge in [-0.3, -0.25) is 4.18 Å². The fourth-order valence-corrected chi connectivity index (χ4v) is 2.36. The number of nitrogens with zero attached hydrogens (tertiary/aromatic N) is 3. The first-order chi connectivity index (χ1) is 8.11. The van der Waals surface area contributed by atoms with Crippen molar-refractivity contribution in [1.82, 2.24) is 9.47 Å². The van der Waals surface area contributed by atoms with Crippen LogP contribution in [0, 0.1) is 0 Å². The zero-order valence-electron chi connectivity index (χ0n) is 8.94. The Morgan fingerprint density at radius 2 is 2.41 bits per heavy atom. The van der Waals surface area contributed by atoms with Gasteiger partial charge in [0.1, 0.15) is 12.0 Å². The third-order valence-corrected chi connectivity index (χ3v) is 3.94. The summed E-state index contributed by atoms with van der Waals surface area (Å²) in [7, 11) is -2.32. The fourth-order valence-electron chi connectivity index (χ4n) is 1.11. The third kappa shape index (κ3) is 3.08. The molecular weight excluding hydrogens is 266 g/mol. The van der Waals surface area contributed by atoms with Gasteiger partial charge in [-0.2, -0.15) is 8.42 Å². The predicted octanol–water partition coefficient (Wildman–Crippen LogP) is 0.0618. The van der Waals surface area contributed by atoms with Crippen LogP contribution in [0.25, 0.3) is 10.8 Å². The standard InChI is InChI=1S/C8H10N3O4S2/c1-14-17(12,13)5-3-11-6-7(16-10-11)8-9-2-4-15-8/h2,4,6H,3,5H2,1H3/q+1. The molecular formula is C8H10N3O4S2+. The summed E-state index contributed by atoms with van der Waals surface area (Å²) in [6.07, 6.45) is 4.69. The molecule has 0 bridgehead atoms. The van der Waals surface area contributed by atoms with Gasteiger partial charge < -0.3 is 4.42 Å². The van der Waals surface area contributed by atoms with Gasteiger partial charge in [-0.05, 0) is 0 Å². The number of oxazole rings is 1. The Bertz CT molecular complexity index is 576. The van der Waals surface area contributed by atoms with Crippen molar-refractivity contribution in [1.29, 1.82) is 0 Å². The molecule has 0 unspecified atom stereocenters. The zero-order chi connectivity index (χ0) is 12.3. The van der Waals surface area contributed by atoms with Crippen molar-refractivity contribution < 1.29 is 21.7 Å². The van der Waals surface area contributed by atoms with Gasteiger partial charge in [-0.15, -0.1) is 0 Å². The number of aryl methyl sites for hydroxylation is 1. The highest BCUT2D eigenvalue weighted by Gasteiger charge is 2.18. The number of aromatic nitrogens is 3. The lowest BCUT2D eigenvalue weighted by molar-refractivity contribution is -0.742. The van der Waals surface area contributed by atoms with Crippen LogP contribution in [0.15, 0.2) is 23.1 Å². The highest BCUT2D eigenvalue weighted by molar-refractivity contribution is 7.86. The zero-order valence-corrected chi connectivity index (χ0v) is 10.6. The molecule has 0 saturated heterocycles. The van der Waals surface area contributed by atoms with Crippen molar-refractivity contribution in [2.45, 2.75) is 6.54 Å². The summed E-state index contributed by atoms with van der Waals surface area (Å²) >= 11 is 1.19. The molecule has 0 aliphatic heterocycles.